The van der Waals surface area contributed by atoms with Gasteiger partial charge in [-0.25, -0.2) is 0 Å². The van der Waals surface area contributed by atoms with Gasteiger partial charge in [0.2, 0.25) is 0 Å². The second-order valence-corrected chi connectivity index (χ2v) is 4.95. The van der Waals surface area contributed by atoms with Gasteiger partial charge in [-0.05, 0) is 19.4 Å². The Morgan fingerprint density at radius 1 is 1.50 bits per heavy atom. The van der Waals surface area contributed by atoms with Crippen LogP contribution in [0, 0.1) is 17.2 Å². The Morgan fingerprint density at radius 3 is 2.88 bits per heavy atom. The van der Waals surface area contributed by atoms with E-state index in [1.54, 1.807) is 0 Å². The highest BCUT2D eigenvalue weighted by atomic mass is 15.3. The summed E-state index contributed by atoms with van der Waals surface area (Å²) in [5, 5.41) is 13.8. The highest BCUT2D eigenvalue weighted by molar-refractivity contribution is 5.37. The molecule has 1 aromatic rings. The lowest BCUT2D eigenvalue weighted by atomic mass is 10.1. The molecule has 4 nitrogen and oxygen atoms in total. The summed E-state index contributed by atoms with van der Waals surface area (Å²) >= 11 is 0. The molecule has 0 N–H and O–H groups in total. The van der Waals surface area contributed by atoms with Gasteiger partial charge in [-0.1, -0.05) is 13.8 Å². The molecule has 0 bridgehead atoms. The molecule has 0 atom stereocenters. The molecule has 0 fully saturated rings. The van der Waals surface area contributed by atoms with Crippen molar-refractivity contribution in [3.05, 3.63) is 17.0 Å². The number of fused-ring (bicyclic) bond motifs is 1. The normalized spacial score (nSPS) is 16.2. The van der Waals surface area contributed by atoms with Gasteiger partial charge < -0.3 is 4.90 Å². The summed E-state index contributed by atoms with van der Waals surface area (Å²) in [5.74, 6) is 0.520. The molecule has 0 radical (unpaired) electrons. The van der Waals surface area contributed by atoms with Crippen LogP contribution in [0.1, 0.15) is 30.8 Å². The van der Waals surface area contributed by atoms with Crippen LogP contribution in [-0.2, 0) is 19.5 Å². The van der Waals surface area contributed by atoms with Crippen molar-refractivity contribution in [2.45, 2.75) is 33.4 Å². The second kappa shape index (κ2) is 4.26. The van der Waals surface area contributed by atoms with Gasteiger partial charge in [0.05, 0.1) is 5.69 Å². The Bertz CT molecular complexity index is 425. The predicted molar refractivity (Wildman–Crippen MR) is 61.8 cm³/mol. The smallest absolute Gasteiger partial charge is 0.142 e. The van der Waals surface area contributed by atoms with Crippen LogP contribution in [0.5, 0.6) is 0 Å². The zero-order valence-electron chi connectivity index (χ0n) is 10.2. The number of likely N-dealkylation sites (N-methyl/N-ethyl adjacent to an activating group) is 1. The maximum absolute atomic E-state index is 9.22. The third-order valence-corrected chi connectivity index (χ3v) is 2.94. The van der Waals surface area contributed by atoms with Crippen molar-refractivity contribution in [1.82, 2.24) is 14.7 Å². The predicted octanol–water partition coefficient (Wildman–Crippen LogP) is 1.40. The van der Waals surface area contributed by atoms with Gasteiger partial charge in [0.1, 0.15) is 11.8 Å². The van der Waals surface area contributed by atoms with E-state index in [1.165, 1.54) is 5.56 Å². The molecule has 0 saturated heterocycles. The lowest BCUT2D eigenvalue weighted by molar-refractivity contribution is 0.307. The van der Waals surface area contributed by atoms with Gasteiger partial charge in [-0.3, -0.25) is 4.68 Å². The van der Waals surface area contributed by atoms with Crippen molar-refractivity contribution < 1.29 is 0 Å². The summed E-state index contributed by atoms with van der Waals surface area (Å²) in [6.07, 6.45) is 0.951. The first-order chi connectivity index (χ1) is 7.61. The van der Waals surface area contributed by atoms with Gasteiger partial charge >= 0.3 is 0 Å². The Kier molecular flexibility index (Phi) is 2.97. The summed E-state index contributed by atoms with van der Waals surface area (Å²) in [6.45, 7) is 7.02. The van der Waals surface area contributed by atoms with E-state index in [-0.39, 0.29) is 0 Å². The fourth-order valence-corrected chi connectivity index (χ4v) is 2.18. The fourth-order valence-electron chi connectivity index (χ4n) is 2.18. The minimum absolute atomic E-state index is 0.520. The van der Waals surface area contributed by atoms with E-state index in [9.17, 15) is 5.26 Å². The summed E-state index contributed by atoms with van der Waals surface area (Å²) < 4.78 is 1.88. The topological polar surface area (TPSA) is 44.9 Å². The molecule has 16 heavy (non-hydrogen) atoms. The maximum atomic E-state index is 9.22. The second-order valence-electron chi connectivity index (χ2n) is 4.95. The molecule has 1 aliphatic rings. The zero-order valence-corrected chi connectivity index (χ0v) is 10.2. The van der Waals surface area contributed by atoms with Crippen molar-refractivity contribution in [2.75, 3.05) is 13.6 Å². The summed E-state index contributed by atoms with van der Waals surface area (Å²) in [7, 11) is 2.09. The Balaban J connectivity index is 2.37. The van der Waals surface area contributed by atoms with Gasteiger partial charge in [-0.2, -0.15) is 10.4 Å². The SMILES string of the molecule is CC(C)Cn1nc2c(c1C#N)CCN(C)C2. The molecule has 0 aromatic carbocycles. The van der Waals surface area contributed by atoms with E-state index in [1.807, 2.05) is 4.68 Å². The fraction of sp³-hybridized carbons (Fsp3) is 0.667. The van der Waals surface area contributed by atoms with E-state index in [0.717, 1.165) is 37.4 Å². The number of hydrogen-bond donors (Lipinski definition) is 0. The van der Waals surface area contributed by atoms with E-state index in [0.29, 0.717) is 5.92 Å². The third-order valence-electron chi connectivity index (χ3n) is 2.94. The average Bonchev–Trinajstić information content (AvgIpc) is 2.52. The molecule has 86 valence electrons. The molecule has 0 amide bonds. The lowest BCUT2D eigenvalue weighted by Gasteiger charge is -2.20. The van der Waals surface area contributed by atoms with Gasteiger partial charge in [0.25, 0.3) is 0 Å². The van der Waals surface area contributed by atoms with Crippen LogP contribution in [0.25, 0.3) is 0 Å². The molecular weight excluding hydrogens is 200 g/mol. The molecule has 1 aliphatic heterocycles. The van der Waals surface area contributed by atoms with Crippen LogP contribution in [0.4, 0.5) is 0 Å². The first-order valence-corrected chi connectivity index (χ1v) is 5.79. The largest absolute Gasteiger partial charge is 0.300 e. The number of nitrogens with zero attached hydrogens (tertiary/aromatic N) is 4. The van der Waals surface area contributed by atoms with Crippen LogP contribution in [-0.4, -0.2) is 28.3 Å². The molecule has 0 aliphatic carbocycles. The van der Waals surface area contributed by atoms with Crippen LogP contribution in [0.15, 0.2) is 0 Å². The zero-order chi connectivity index (χ0) is 11.7. The minimum atomic E-state index is 0.520. The summed E-state index contributed by atoms with van der Waals surface area (Å²) in [4.78, 5) is 2.25. The van der Waals surface area contributed by atoms with Gasteiger partial charge in [0.15, 0.2) is 0 Å². The maximum Gasteiger partial charge on any atom is 0.142 e. The molecule has 2 heterocycles. The van der Waals surface area contributed by atoms with Crippen molar-refractivity contribution >= 4 is 0 Å². The average molecular weight is 218 g/mol. The van der Waals surface area contributed by atoms with E-state index in [4.69, 9.17) is 0 Å². The van der Waals surface area contributed by atoms with Crippen molar-refractivity contribution in [3.8, 4) is 6.07 Å². The first-order valence-electron chi connectivity index (χ1n) is 5.79. The highest BCUT2D eigenvalue weighted by Crippen LogP contribution is 2.21. The monoisotopic (exact) mass is 218 g/mol. The summed E-state index contributed by atoms with van der Waals surface area (Å²) in [6, 6.07) is 2.31. The Labute approximate surface area is 96.5 Å². The molecular formula is C12H18N4. The van der Waals surface area contributed by atoms with E-state index >= 15 is 0 Å². The quantitative estimate of drug-likeness (QED) is 0.753. The van der Waals surface area contributed by atoms with E-state index < -0.39 is 0 Å². The Hall–Kier alpha value is -1.34. The van der Waals surface area contributed by atoms with Crippen molar-refractivity contribution in [2.24, 2.45) is 5.92 Å². The third kappa shape index (κ3) is 1.96. The van der Waals surface area contributed by atoms with Gasteiger partial charge in [0, 0.05) is 25.2 Å². The molecule has 4 heteroatoms. The van der Waals surface area contributed by atoms with E-state index in [2.05, 4.69) is 37.0 Å². The van der Waals surface area contributed by atoms with Crippen LogP contribution in [0.3, 0.4) is 0 Å². The summed E-state index contributed by atoms with van der Waals surface area (Å²) in [5.41, 5.74) is 3.03. The van der Waals surface area contributed by atoms with Crippen molar-refractivity contribution in [3.63, 3.8) is 0 Å². The minimum Gasteiger partial charge on any atom is -0.300 e. The molecule has 1 aromatic heterocycles. The molecule has 2 rings (SSSR count). The van der Waals surface area contributed by atoms with Crippen molar-refractivity contribution in [1.29, 1.82) is 5.26 Å². The highest BCUT2D eigenvalue weighted by Gasteiger charge is 2.22. The Morgan fingerprint density at radius 2 is 2.25 bits per heavy atom. The van der Waals surface area contributed by atoms with Crippen LogP contribution in [0.2, 0.25) is 0 Å². The number of rotatable bonds is 2. The first kappa shape index (κ1) is 11.2. The molecule has 0 saturated carbocycles. The number of hydrogen-bond acceptors (Lipinski definition) is 3. The van der Waals surface area contributed by atoms with Crippen LogP contribution >= 0.6 is 0 Å². The molecule has 0 spiro atoms. The van der Waals surface area contributed by atoms with Gasteiger partial charge in [-0.15, -0.1) is 0 Å². The molecule has 0 unspecified atom stereocenters. The standard InChI is InChI=1S/C12H18N4/c1-9(2)7-16-12(6-13)10-4-5-15(3)8-11(10)14-16/h9H,4-5,7-8H2,1-3H3. The number of nitriles is 1. The number of aromatic nitrogens is 2. The lowest BCUT2D eigenvalue weighted by Crippen LogP contribution is -2.26. The van der Waals surface area contributed by atoms with Crippen LogP contribution < -0.4 is 0 Å².